The molecule has 1 aliphatic carbocycles. The van der Waals surface area contributed by atoms with Gasteiger partial charge in [-0.2, -0.15) is 0 Å². The molecule has 1 saturated carbocycles. The zero-order valence-electron chi connectivity index (χ0n) is 12.0. The molecule has 18 heavy (non-hydrogen) atoms. The summed E-state index contributed by atoms with van der Waals surface area (Å²) in [5.41, 5.74) is -0.0107. The number of nitrogens with zero attached hydrogens (tertiary/aromatic N) is 2. The van der Waals surface area contributed by atoms with Gasteiger partial charge in [-0.15, -0.1) is 0 Å². The van der Waals surface area contributed by atoms with Gasteiger partial charge in [0.2, 0.25) is 0 Å². The van der Waals surface area contributed by atoms with Crippen LogP contribution < -0.4 is 0 Å². The Bertz CT molecular complexity index is 264. The highest BCUT2D eigenvalue weighted by atomic mass is 16.1. The van der Waals surface area contributed by atoms with E-state index in [0.717, 1.165) is 25.4 Å². The Labute approximate surface area is 112 Å². The van der Waals surface area contributed by atoms with E-state index in [9.17, 15) is 4.79 Å². The van der Waals surface area contributed by atoms with Crippen LogP contribution in [0.2, 0.25) is 0 Å². The Morgan fingerprint density at radius 2 is 1.78 bits per heavy atom. The molecule has 1 heterocycles. The summed E-state index contributed by atoms with van der Waals surface area (Å²) in [6, 6.07) is 0.736. The van der Waals surface area contributed by atoms with Gasteiger partial charge >= 0.3 is 0 Å². The van der Waals surface area contributed by atoms with Crippen molar-refractivity contribution in [3.05, 3.63) is 0 Å². The number of carbonyl (C=O) groups is 1. The minimum Gasteiger partial charge on any atom is -0.306 e. The van der Waals surface area contributed by atoms with Crippen LogP contribution in [0.5, 0.6) is 0 Å². The average molecular weight is 252 g/mol. The first-order chi connectivity index (χ1) is 8.65. The number of carbonyl (C=O) groups excluding carboxylic acids is 1. The van der Waals surface area contributed by atoms with E-state index in [4.69, 9.17) is 0 Å². The van der Waals surface area contributed by atoms with Gasteiger partial charge in [0.15, 0.2) is 0 Å². The lowest BCUT2D eigenvalue weighted by Crippen LogP contribution is -2.47. The molecule has 0 spiro atoms. The molecule has 0 unspecified atom stereocenters. The van der Waals surface area contributed by atoms with Crippen molar-refractivity contribution < 1.29 is 4.79 Å². The summed E-state index contributed by atoms with van der Waals surface area (Å²) in [5.74, 6) is 0. The van der Waals surface area contributed by atoms with E-state index in [1.807, 2.05) is 0 Å². The third-order valence-electron chi connectivity index (χ3n) is 4.93. The summed E-state index contributed by atoms with van der Waals surface area (Å²) in [5, 5.41) is 0. The Morgan fingerprint density at radius 3 is 2.28 bits per heavy atom. The van der Waals surface area contributed by atoms with Gasteiger partial charge in [0.05, 0.1) is 0 Å². The molecule has 3 nitrogen and oxygen atoms in total. The van der Waals surface area contributed by atoms with E-state index in [0.29, 0.717) is 0 Å². The standard InChI is InChI=1S/C15H28N2O/c1-16(2)14-6-10-17(11-7-14)12-15(13-18)8-4-3-5-9-15/h13-14H,3-12H2,1-2H3. The molecule has 2 rings (SSSR count). The SMILES string of the molecule is CN(C)C1CCN(CC2(C=O)CCCCC2)CC1. The largest absolute Gasteiger partial charge is 0.306 e. The first kappa shape index (κ1) is 14.0. The number of rotatable bonds is 4. The molecule has 0 amide bonds. The molecule has 0 aromatic rings. The zero-order valence-corrected chi connectivity index (χ0v) is 12.0. The smallest absolute Gasteiger partial charge is 0.127 e. The molecule has 0 bridgehead atoms. The molecule has 0 atom stereocenters. The zero-order chi connectivity index (χ0) is 13.0. The van der Waals surface area contributed by atoms with Crippen molar-refractivity contribution in [2.75, 3.05) is 33.7 Å². The van der Waals surface area contributed by atoms with Gasteiger partial charge in [0.25, 0.3) is 0 Å². The molecule has 0 aromatic carbocycles. The fourth-order valence-electron chi connectivity index (χ4n) is 3.61. The fourth-order valence-corrected chi connectivity index (χ4v) is 3.61. The normalized spacial score (nSPS) is 26.4. The minimum atomic E-state index is -0.0107. The quantitative estimate of drug-likeness (QED) is 0.716. The second kappa shape index (κ2) is 6.16. The maximum Gasteiger partial charge on any atom is 0.127 e. The number of likely N-dealkylation sites (tertiary alicyclic amines) is 1. The first-order valence-corrected chi connectivity index (χ1v) is 7.50. The average Bonchev–Trinajstić information content (AvgIpc) is 2.40. The molecule has 2 fully saturated rings. The number of piperidine rings is 1. The van der Waals surface area contributed by atoms with Crippen LogP contribution in [0, 0.1) is 5.41 Å². The highest BCUT2D eigenvalue weighted by molar-refractivity contribution is 5.60. The number of hydrogen-bond acceptors (Lipinski definition) is 3. The third-order valence-corrected chi connectivity index (χ3v) is 4.93. The van der Waals surface area contributed by atoms with E-state index in [1.165, 1.54) is 51.5 Å². The summed E-state index contributed by atoms with van der Waals surface area (Å²) >= 11 is 0. The topological polar surface area (TPSA) is 23.6 Å². The van der Waals surface area contributed by atoms with Crippen molar-refractivity contribution in [3.63, 3.8) is 0 Å². The van der Waals surface area contributed by atoms with Gasteiger partial charge in [-0.25, -0.2) is 0 Å². The molecule has 0 radical (unpaired) electrons. The second-order valence-electron chi connectivity index (χ2n) is 6.51. The van der Waals surface area contributed by atoms with E-state index in [2.05, 4.69) is 23.9 Å². The van der Waals surface area contributed by atoms with Crippen molar-refractivity contribution in [1.82, 2.24) is 9.80 Å². The molecule has 0 N–H and O–H groups in total. The Kier molecular flexibility index (Phi) is 4.79. The first-order valence-electron chi connectivity index (χ1n) is 7.50. The lowest BCUT2D eigenvalue weighted by Gasteiger charge is -2.41. The molecule has 3 heteroatoms. The van der Waals surface area contributed by atoms with Crippen LogP contribution in [0.4, 0.5) is 0 Å². The van der Waals surface area contributed by atoms with Crippen LogP contribution in [0.15, 0.2) is 0 Å². The highest BCUT2D eigenvalue weighted by Gasteiger charge is 2.34. The van der Waals surface area contributed by atoms with E-state index >= 15 is 0 Å². The molecular formula is C15H28N2O. The lowest BCUT2D eigenvalue weighted by atomic mass is 9.74. The van der Waals surface area contributed by atoms with Crippen molar-refractivity contribution >= 4 is 6.29 Å². The third kappa shape index (κ3) is 3.33. The van der Waals surface area contributed by atoms with E-state index < -0.39 is 0 Å². The van der Waals surface area contributed by atoms with Crippen LogP contribution >= 0.6 is 0 Å². The summed E-state index contributed by atoms with van der Waals surface area (Å²) in [6.07, 6.45) is 9.81. The highest BCUT2D eigenvalue weighted by Crippen LogP contribution is 2.35. The molecule has 2 aliphatic rings. The predicted molar refractivity (Wildman–Crippen MR) is 74.7 cm³/mol. The molecule has 1 aliphatic heterocycles. The summed E-state index contributed by atoms with van der Waals surface area (Å²) in [4.78, 5) is 16.4. The van der Waals surface area contributed by atoms with E-state index in [1.54, 1.807) is 0 Å². The van der Waals surface area contributed by atoms with Crippen LogP contribution in [0.25, 0.3) is 0 Å². The number of aldehydes is 1. The van der Waals surface area contributed by atoms with Crippen molar-refractivity contribution in [2.24, 2.45) is 5.41 Å². The van der Waals surface area contributed by atoms with Crippen LogP contribution in [-0.2, 0) is 4.79 Å². The van der Waals surface area contributed by atoms with Gasteiger partial charge in [-0.1, -0.05) is 19.3 Å². The maximum atomic E-state index is 11.5. The lowest BCUT2D eigenvalue weighted by molar-refractivity contribution is -0.119. The van der Waals surface area contributed by atoms with Gasteiger partial charge in [-0.05, 0) is 52.9 Å². The van der Waals surface area contributed by atoms with E-state index in [-0.39, 0.29) is 5.41 Å². The minimum absolute atomic E-state index is 0.0107. The van der Waals surface area contributed by atoms with Crippen LogP contribution in [0.1, 0.15) is 44.9 Å². The Hall–Kier alpha value is -0.410. The van der Waals surface area contributed by atoms with Crippen molar-refractivity contribution in [1.29, 1.82) is 0 Å². The number of hydrogen-bond donors (Lipinski definition) is 0. The second-order valence-corrected chi connectivity index (χ2v) is 6.51. The van der Waals surface area contributed by atoms with Gasteiger partial charge in [-0.3, -0.25) is 0 Å². The molecule has 104 valence electrons. The molecule has 0 aromatic heterocycles. The Morgan fingerprint density at radius 1 is 1.17 bits per heavy atom. The maximum absolute atomic E-state index is 11.5. The van der Waals surface area contributed by atoms with Gasteiger partial charge in [0.1, 0.15) is 6.29 Å². The monoisotopic (exact) mass is 252 g/mol. The Balaban J connectivity index is 1.84. The van der Waals surface area contributed by atoms with Gasteiger partial charge in [0, 0.05) is 18.0 Å². The van der Waals surface area contributed by atoms with Crippen LogP contribution in [-0.4, -0.2) is 55.9 Å². The molecule has 1 saturated heterocycles. The van der Waals surface area contributed by atoms with Crippen molar-refractivity contribution in [2.45, 2.75) is 51.0 Å². The summed E-state index contributed by atoms with van der Waals surface area (Å²) in [7, 11) is 4.35. The fraction of sp³-hybridized carbons (Fsp3) is 0.933. The summed E-state index contributed by atoms with van der Waals surface area (Å²) < 4.78 is 0. The predicted octanol–water partition coefficient (Wildman–Crippen LogP) is 2.16. The van der Waals surface area contributed by atoms with Crippen LogP contribution in [0.3, 0.4) is 0 Å². The van der Waals surface area contributed by atoms with Crippen molar-refractivity contribution in [3.8, 4) is 0 Å². The van der Waals surface area contributed by atoms with Gasteiger partial charge < -0.3 is 14.6 Å². The molecular weight excluding hydrogens is 224 g/mol. The summed E-state index contributed by atoms with van der Waals surface area (Å²) in [6.45, 7) is 3.34.